The first-order valence-electron chi connectivity index (χ1n) is 11.5. The van der Waals surface area contributed by atoms with Gasteiger partial charge in [-0.2, -0.15) is 0 Å². The molecule has 4 rings (SSSR count). The largest absolute Gasteiger partial charge is 0.497 e. The molecular formula is C26H27F3N4O3. The van der Waals surface area contributed by atoms with Crippen LogP contribution in [0.4, 0.5) is 18.9 Å². The van der Waals surface area contributed by atoms with Gasteiger partial charge in [0.05, 0.1) is 30.2 Å². The van der Waals surface area contributed by atoms with Crippen molar-refractivity contribution in [3.8, 4) is 17.0 Å². The number of carbonyl (C=O) groups excluding carboxylic acids is 1. The third kappa shape index (κ3) is 4.78. The maximum Gasteiger partial charge on any atom is 0.274 e. The average molecular weight is 501 g/mol. The van der Waals surface area contributed by atoms with Gasteiger partial charge in [0.25, 0.3) is 5.91 Å². The summed E-state index contributed by atoms with van der Waals surface area (Å²) in [5, 5.41) is 13.4. The lowest BCUT2D eigenvalue weighted by Crippen LogP contribution is -2.54. The summed E-state index contributed by atoms with van der Waals surface area (Å²) in [7, 11) is 1.24. The summed E-state index contributed by atoms with van der Waals surface area (Å²) >= 11 is 0. The molecule has 4 atom stereocenters. The van der Waals surface area contributed by atoms with Crippen LogP contribution in [-0.4, -0.2) is 39.7 Å². The van der Waals surface area contributed by atoms with E-state index in [1.54, 1.807) is 19.2 Å². The van der Waals surface area contributed by atoms with Crippen molar-refractivity contribution in [2.24, 2.45) is 11.7 Å². The highest BCUT2D eigenvalue weighted by Gasteiger charge is 2.42. The minimum Gasteiger partial charge on any atom is -0.497 e. The Labute approximate surface area is 206 Å². The number of pyridine rings is 2. The van der Waals surface area contributed by atoms with Crippen molar-refractivity contribution in [1.82, 2.24) is 9.97 Å². The van der Waals surface area contributed by atoms with Crippen LogP contribution in [0, 0.1) is 23.4 Å². The fourth-order valence-electron chi connectivity index (χ4n) is 4.62. The van der Waals surface area contributed by atoms with Gasteiger partial charge in [-0.1, -0.05) is 6.92 Å². The zero-order chi connectivity index (χ0) is 26.2. The molecule has 1 aliphatic carbocycles. The minimum atomic E-state index is -1.08. The first-order valence-corrected chi connectivity index (χ1v) is 11.5. The number of nitrogens with two attached hydrogens (primary N) is 1. The molecule has 4 N–H and O–H groups in total. The zero-order valence-corrected chi connectivity index (χ0v) is 20.1. The van der Waals surface area contributed by atoms with Gasteiger partial charge in [0.2, 0.25) is 0 Å². The lowest BCUT2D eigenvalue weighted by molar-refractivity contribution is -0.0463. The number of methoxy groups -OCH3 is 1. The third-order valence-corrected chi connectivity index (χ3v) is 7.03. The Hall–Kier alpha value is -3.50. The van der Waals surface area contributed by atoms with Crippen molar-refractivity contribution in [3.05, 3.63) is 71.4 Å². The summed E-state index contributed by atoms with van der Waals surface area (Å²) in [6.07, 6.45) is 4.21. The van der Waals surface area contributed by atoms with Gasteiger partial charge in [-0.25, -0.2) is 18.2 Å². The molecule has 3 aromatic rings. The van der Waals surface area contributed by atoms with Crippen molar-refractivity contribution in [1.29, 1.82) is 0 Å². The van der Waals surface area contributed by atoms with E-state index in [9.17, 15) is 23.1 Å². The predicted molar refractivity (Wildman–Crippen MR) is 128 cm³/mol. The number of rotatable bonds is 5. The Morgan fingerprint density at radius 3 is 2.50 bits per heavy atom. The van der Waals surface area contributed by atoms with Gasteiger partial charge in [-0.15, -0.1) is 0 Å². The van der Waals surface area contributed by atoms with Crippen LogP contribution >= 0.6 is 0 Å². The molecule has 36 heavy (non-hydrogen) atoms. The van der Waals surface area contributed by atoms with Crippen LogP contribution in [0.2, 0.25) is 0 Å². The van der Waals surface area contributed by atoms with Crippen molar-refractivity contribution < 1.29 is 27.8 Å². The number of aromatic nitrogens is 2. The maximum atomic E-state index is 14.6. The Balaban J connectivity index is 1.63. The number of benzene rings is 1. The van der Waals surface area contributed by atoms with Crippen molar-refractivity contribution in [3.63, 3.8) is 0 Å². The molecule has 0 saturated heterocycles. The Bertz CT molecular complexity index is 1260. The molecule has 1 aliphatic rings. The fourth-order valence-corrected chi connectivity index (χ4v) is 4.62. The summed E-state index contributed by atoms with van der Waals surface area (Å²) < 4.78 is 48.5. The van der Waals surface area contributed by atoms with Crippen LogP contribution in [0.1, 0.15) is 48.7 Å². The zero-order valence-electron chi connectivity index (χ0n) is 20.1. The topological polar surface area (TPSA) is 110 Å². The number of nitrogens with one attached hydrogen (secondary N) is 1. The van der Waals surface area contributed by atoms with Gasteiger partial charge in [-0.05, 0) is 55.4 Å². The van der Waals surface area contributed by atoms with Gasteiger partial charge in [-0.3, -0.25) is 9.78 Å². The van der Waals surface area contributed by atoms with E-state index in [-0.39, 0.29) is 23.3 Å². The second-order valence-corrected chi connectivity index (χ2v) is 9.31. The minimum absolute atomic E-state index is 0.0484. The summed E-state index contributed by atoms with van der Waals surface area (Å²) in [6.45, 7) is 3.65. The number of hydrogen-bond donors (Lipinski definition) is 3. The summed E-state index contributed by atoms with van der Waals surface area (Å²) in [4.78, 5) is 21.1. The van der Waals surface area contributed by atoms with E-state index < -0.39 is 46.3 Å². The van der Waals surface area contributed by atoms with Crippen molar-refractivity contribution >= 4 is 11.6 Å². The number of anilines is 1. The SMILES string of the molecule is COc1cc(F)c(-c2nc(C(=O)Nc3cnccc3[C@@H]3C[C@H](C)[C@@](C)(O)[C@@H](N)C3)ccc2F)c(F)c1. The molecule has 1 amide bonds. The third-order valence-electron chi connectivity index (χ3n) is 7.03. The van der Waals surface area contributed by atoms with E-state index >= 15 is 0 Å². The highest BCUT2D eigenvalue weighted by atomic mass is 19.1. The van der Waals surface area contributed by atoms with Crippen LogP contribution < -0.4 is 15.8 Å². The number of amides is 1. The summed E-state index contributed by atoms with van der Waals surface area (Å²) in [6, 6.07) is 5.17. The normalized spacial score (nSPS) is 23.8. The molecule has 10 heteroatoms. The van der Waals surface area contributed by atoms with Gasteiger partial charge >= 0.3 is 0 Å². The number of halogens is 3. The maximum absolute atomic E-state index is 14.6. The molecule has 0 spiro atoms. The van der Waals surface area contributed by atoms with Crippen LogP contribution in [0.3, 0.4) is 0 Å². The molecular weight excluding hydrogens is 473 g/mol. The standard InChI is InChI=1S/C26H27F3N4O3/c1-13-8-14(9-22(30)26(13,2)35)16-6-7-31-12-21(16)33-25(34)20-5-4-17(27)24(32-20)23-18(28)10-15(36-3)11-19(23)29/h4-7,10-14,22,35H,8-9,30H2,1-3H3,(H,33,34)/t13-,14+,22-,26+/m0/s1. The molecule has 0 aliphatic heterocycles. The highest BCUT2D eigenvalue weighted by Crippen LogP contribution is 2.42. The van der Waals surface area contributed by atoms with E-state index in [0.717, 1.165) is 29.8 Å². The Kier molecular flexibility index (Phi) is 7.01. The second kappa shape index (κ2) is 9.87. The number of nitrogens with zero attached hydrogens (tertiary/aromatic N) is 2. The van der Waals surface area contributed by atoms with Crippen molar-refractivity contribution in [2.75, 3.05) is 12.4 Å². The molecule has 190 valence electrons. The average Bonchev–Trinajstić information content (AvgIpc) is 2.83. The first-order chi connectivity index (χ1) is 17.0. The monoisotopic (exact) mass is 500 g/mol. The number of ether oxygens (including phenoxy) is 1. The molecule has 0 unspecified atom stereocenters. The molecule has 0 radical (unpaired) electrons. The van der Waals surface area contributed by atoms with Crippen LogP contribution in [0.15, 0.2) is 42.7 Å². The van der Waals surface area contributed by atoms with E-state index in [1.165, 1.54) is 13.3 Å². The lowest BCUT2D eigenvalue weighted by atomic mass is 9.68. The quantitative estimate of drug-likeness (QED) is 0.479. The molecule has 1 aromatic carbocycles. The number of aliphatic hydroxyl groups is 1. The molecule has 0 bridgehead atoms. The molecule has 2 heterocycles. The molecule has 7 nitrogen and oxygen atoms in total. The number of carbonyl (C=O) groups is 1. The van der Waals surface area contributed by atoms with Gasteiger partial charge in [0, 0.05) is 24.4 Å². The summed E-state index contributed by atoms with van der Waals surface area (Å²) in [5.41, 5.74) is 4.83. The lowest BCUT2D eigenvalue weighted by Gasteiger charge is -2.44. The van der Waals surface area contributed by atoms with E-state index in [1.807, 2.05) is 6.92 Å². The van der Waals surface area contributed by atoms with Gasteiger partial charge in [0.15, 0.2) is 0 Å². The Morgan fingerprint density at radius 2 is 1.86 bits per heavy atom. The Morgan fingerprint density at radius 1 is 1.17 bits per heavy atom. The smallest absolute Gasteiger partial charge is 0.274 e. The summed E-state index contributed by atoms with van der Waals surface area (Å²) in [5.74, 6) is -4.07. The highest BCUT2D eigenvalue weighted by molar-refractivity contribution is 6.03. The van der Waals surface area contributed by atoms with Gasteiger partial charge < -0.3 is 20.9 Å². The molecule has 1 fully saturated rings. The van der Waals surface area contributed by atoms with Crippen molar-refractivity contribution in [2.45, 2.75) is 44.2 Å². The fraction of sp³-hybridized carbons (Fsp3) is 0.346. The predicted octanol–water partition coefficient (Wildman–Crippen LogP) is 4.41. The molecule has 1 saturated carbocycles. The van der Waals surface area contributed by atoms with E-state index in [2.05, 4.69) is 15.3 Å². The number of hydrogen-bond acceptors (Lipinski definition) is 6. The van der Waals surface area contributed by atoms with E-state index in [0.29, 0.717) is 18.5 Å². The van der Waals surface area contributed by atoms with Crippen LogP contribution in [0.25, 0.3) is 11.3 Å². The first kappa shape index (κ1) is 25.6. The van der Waals surface area contributed by atoms with Gasteiger partial charge in [0.1, 0.15) is 34.6 Å². The second-order valence-electron chi connectivity index (χ2n) is 9.31. The van der Waals surface area contributed by atoms with Crippen LogP contribution in [-0.2, 0) is 0 Å². The van der Waals surface area contributed by atoms with Crippen LogP contribution in [0.5, 0.6) is 5.75 Å². The molecule has 2 aromatic heterocycles. The van der Waals surface area contributed by atoms with E-state index in [4.69, 9.17) is 10.5 Å².